The molecule has 208 valence electrons. The number of aromatic nitrogens is 4. The Labute approximate surface area is 223 Å². The SMILES string of the molecule is OCCc1cc(CNCCCCOCCOc2cc(-c3ccnnc3)cc3[nH]ncc23)cc(OC(F)(F)F)c1. The molecular formula is C27H30F3N5O4. The summed E-state index contributed by atoms with van der Waals surface area (Å²) in [4.78, 5) is 0. The van der Waals surface area contributed by atoms with Crippen molar-refractivity contribution in [3.05, 3.63) is 66.1 Å². The maximum atomic E-state index is 12.6. The number of unbranched alkanes of at least 4 members (excludes halogenated alkanes) is 1. The first-order valence-electron chi connectivity index (χ1n) is 12.6. The van der Waals surface area contributed by atoms with Crippen molar-refractivity contribution in [2.24, 2.45) is 0 Å². The van der Waals surface area contributed by atoms with Crippen molar-refractivity contribution in [1.29, 1.82) is 0 Å². The van der Waals surface area contributed by atoms with Gasteiger partial charge in [-0.3, -0.25) is 5.10 Å². The number of H-pyrrole nitrogens is 1. The van der Waals surface area contributed by atoms with E-state index in [-0.39, 0.29) is 18.8 Å². The summed E-state index contributed by atoms with van der Waals surface area (Å²) in [7, 11) is 0. The summed E-state index contributed by atoms with van der Waals surface area (Å²) in [6.45, 7) is 2.27. The zero-order chi connectivity index (χ0) is 27.5. The third-order valence-electron chi connectivity index (χ3n) is 5.81. The molecular weight excluding hydrogens is 515 g/mol. The average molecular weight is 546 g/mol. The molecule has 0 aliphatic heterocycles. The van der Waals surface area contributed by atoms with Crippen LogP contribution in [-0.4, -0.2) is 64.8 Å². The number of aliphatic hydroxyl groups is 1. The first kappa shape index (κ1) is 28.3. The first-order valence-corrected chi connectivity index (χ1v) is 12.6. The van der Waals surface area contributed by atoms with E-state index in [2.05, 4.69) is 30.4 Å². The van der Waals surface area contributed by atoms with E-state index in [1.165, 1.54) is 12.1 Å². The number of hydrogen-bond acceptors (Lipinski definition) is 8. The Hall–Kier alpha value is -3.74. The van der Waals surface area contributed by atoms with E-state index >= 15 is 0 Å². The molecule has 0 atom stereocenters. The monoisotopic (exact) mass is 545 g/mol. The number of fused-ring (bicyclic) bond motifs is 1. The lowest BCUT2D eigenvalue weighted by atomic mass is 10.1. The molecule has 4 rings (SSSR count). The molecule has 0 saturated carbocycles. The van der Waals surface area contributed by atoms with E-state index < -0.39 is 6.36 Å². The minimum Gasteiger partial charge on any atom is -0.490 e. The second kappa shape index (κ2) is 13.9. The standard InChI is InChI=1S/C27H30F3N5O4/c28-27(29,30)39-23-12-19(4-7-36)11-20(13-23)16-31-5-1-2-8-37-9-10-38-26-15-22(21-3-6-32-33-17-21)14-25-24(26)18-34-35-25/h3,6,11-15,17-18,31,36H,1-2,4-5,7-10,16H2,(H,34,35). The molecule has 39 heavy (non-hydrogen) atoms. The minimum atomic E-state index is -4.76. The lowest BCUT2D eigenvalue weighted by Gasteiger charge is -2.13. The molecule has 0 fully saturated rings. The molecule has 0 spiro atoms. The normalized spacial score (nSPS) is 11.7. The Bertz CT molecular complexity index is 1320. The van der Waals surface area contributed by atoms with Crippen LogP contribution >= 0.6 is 0 Å². The Morgan fingerprint density at radius 3 is 2.59 bits per heavy atom. The predicted octanol–water partition coefficient (Wildman–Crippen LogP) is 4.42. The topological polar surface area (TPSA) is 114 Å². The molecule has 2 heterocycles. The molecule has 2 aromatic carbocycles. The molecule has 0 radical (unpaired) electrons. The van der Waals surface area contributed by atoms with Crippen LogP contribution in [0.15, 0.2) is 55.0 Å². The van der Waals surface area contributed by atoms with Crippen molar-refractivity contribution < 1.29 is 32.5 Å². The molecule has 12 heteroatoms. The summed E-state index contributed by atoms with van der Waals surface area (Å²) in [6, 6.07) is 10.2. The van der Waals surface area contributed by atoms with Crippen molar-refractivity contribution >= 4 is 10.9 Å². The smallest absolute Gasteiger partial charge is 0.490 e. The van der Waals surface area contributed by atoms with Crippen LogP contribution in [0.1, 0.15) is 24.0 Å². The fourth-order valence-corrected chi connectivity index (χ4v) is 4.06. The second-order valence-corrected chi connectivity index (χ2v) is 8.79. The molecule has 9 nitrogen and oxygen atoms in total. The van der Waals surface area contributed by atoms with E-state index in [1.807, 2.05) is 18.2 Å². The lowest BCUT2D eigenvalue weighted by Crippen LogP contribution is -2.18. The highest BCUT2D eigenvalue weighted by Crippen LogP contribution is 2.31. The van der Waals surface area contributed by atoms with Crippen molar-refractivity contribution in [3.63, 3.8) is 0 Å². The van der Waals surface area contributed by atoms with Gasteiger partial charge in [0.1, 0.15) is 18.1 Å². The molecule has 2 aromatic heterocycles. The summed E-state index contributed by atoms with van der Waals surface area (Å²) < 4.78 is 53.5. The second-order valence-electron chi connectivity index (χ2n) is 8.79. The zero-order valence-electron chi connectivity index (χ0n) is 21.2. The number of nitrogens with zero attached hydrogens (tertiary/aromatic N) is 3. The Kier molecular flexibility index (Phi) is 10.1. The van der Waals surface area contributed by atoms with Crippen molar-refractivity contribution in [1.82, 2.24) is 25.7 Å². The largest absolute Gasteiger partial charge is 0.573 e. The van der Waals surface area contributed by atoms with Gasteiger partial charge in [0.15, 0.2) is 0 Å². The van der Waals surface area contributed by atoms with Gasteiger partial charge in [0.05, 0.1) is 36.1 Å². The van der Waals surface area contributed by atoms with E-state index in [0.29, 0.717) is 49.8 Å². The van der Waals surface area contributed by atoms with E-state index in [9.17, 15) is 13.2 Å². The number of rotatable bonds is 15. The van der Waals surface area contributed by atoms with E-state index in [0.717, 1.165) is 34.9 Å². The molecule has 0 amide bonds. The maximum absolute atomic E-state index is 12.6. The summed E-state index contributed by atoms with van der Waals surface area (Å²) in [5.74, 6) is 0.420. The number of ether oxygens (including phenoxy) is 3. The third-order valence-corrected chi connectivity index (χ3v) is 5.81. The van der Waals surface area contributed by atoms with Crippen LogP contribution in [0.4, 0.5) is 13.2 Å². The number of hydrogen-bond donors (Lipinski definition) is 3. The number of benzene rings is 2. The summed E-state index contributed by atoms with van der Waals surface area (Å²) in [5, 5.41) is 28.0. The van der Waals surface area contributed by atoms with Crippen molar-refractivity contribution in [2.45, 2.75) is 32.2 Å². The Morgan fingerprint density at radius 2 is 1.79 bits per heavy atom. The molecule has 3 N–H and O–H groups in total. The Balaban J connectivity index is 1.14. The van der Waals surface area contributed by atoms with E-state index in [4.69, 9.17) is 14.6 Å². The zero-order valence-corrected chi connectivity index (χ0v) is 21.2. The van der Waals surface area contributed by atoms with Crippen LogP contribution < -0.4 is 14.8 Å². The number of halogens is 3. The molecule has 0 bridgehead atoms. The van der Waals surface area contributed by atoms with Gasteiger partial charge in [0, 0.05) is 25.3 Å². The molecule has 0 unspecified atom stereocenters. The van der Waals surface area contributed by atoms with Gasteiger partial charge in [0.2, 0.25) is 0 Å². The van der Waals surface area contributed by atoms with Crippen LogP contribution in [0.25, 0.3) is 22.0 Å². The van der Waals surface area contributed by atoms with Gasteiger partial charge < -0.3 is 24.6 Å². The van der Waals surface area contributed by atoms with Crippen LogP contribution in [0.5, 0.6) is 11.5 Å². The summed E-state index contributed by atoms with van der Waals surface area (Å²) in [5.41, 5.74) is 3.96. The highest BCUT2D eigenvalue weighted by Gasteiger charge is 2.31. The van der Waals surface area contributed by atoms with Crippen LogP contribution in [0.3, 0.4) is 0 Å². The minimum absolute atomic E-state index is 0.156. The molecule has 0 aliphatic carbocycles. The number of aromatic amines is 1. The maximum Gasteiger partial charge on any atom is 0.573 e. The predicted molar refractivity (Wildman–Crippen MR) is 138 cm³/mol. The van der Waals surface area contributed by atoms with Crippen molar-refractivity contribution in [2.75, 3.05) is 33.0 Å². The first-order chi connectivity index (χ1) is 18.9. The van der Waals surface area contributed by atoms with Gasteiger partial charge in [0.25, 0.3) is 0 Å². The summed E-state index contributed by atoms with van der Waals surface area (Å²) in [6.07, 6.45) is 2.19. The van der Waals surface area contributed by atoms with Crippen LogP contribution in [0.2, 0.25) is 0 Å². The highest BCUT2D eigenvalue weighted by atomic mass is 19.4. The van der Waals surface area contributed by atoms with Crippen LogP contribution in [-0.2, 0) is 17.7 Å². The lowest BCUT2D eigenvalue weighted by molar-refractivity contribution is -0.274. The Morgan fingerprint density at radius 1 is 0.923 bits per heavy atom. The number of alkyl halides is 3. The van der Waals surface area contributed by atoms with Gasteiger partial charge in [-0.15, -0.1) is 13.2 Å². The van der Waals surface area contributed by atoms with E-state index in [1.54, 1.807) is 24.7 Å². The van der Waals surface area contributed by atoms with Crippen LogP contribution in [0, 0.1) is 0 Å². The van der Waals surface area contributed by atoms with Gasteiger partial charge in [-0.05, 0) is 72.8 Å². The van der Waals surface area contributed by atoms with Gasteiger partial charge in [-0.25, -0.2) is 0 Å². The average Bonchev–Trinajstić information content (AvgIpc) is 3.38. The molecule has 0 aliphatic rings. The van der Waals surface area contributed by atoms with Gasteiger partial charge in [-0.2, -0.15) is 15.3 Å². The number of nitrogens with one attached hydrogen (secondary N) is 2. The fraction of sp³-hybridized carbons (Fsp3) is 0.370. The fourth-order valence-electron chi connectivity index (χ4n) is 4.06. The highest BCUT2D eigenvalue weighted by molar-refractivity contribution is 5.89. The molecule has 0 saturated heterocycles. The van der Waals surface area contributed by atoms with Gasteiger partial charge >= 0.3 is 6.36 Å². The molecule has 4 aromatic rings. The quantitative estimate of drug-likeness (QED) is 0.188. The van der Waals surface area contributed by atoms with Crippen molar-refractivity contribution in [3.8, 4) is 22.6 Å². The van der Waals surface area contributed by atoms with Gasteiger partial charge in [-0.1, -0.05) is 6.07 Å². The summed E-state index contributed by atoms with van der Waals surface area (Å²) >= 11 is 0. The number of aliphatic hydroxyl groups excluding tert-OH is 1. The third kappa shape index (κ3) is 8.91.